The first-order chi connectivity index (χ1) is 12.0. The van der Waals surface area contributed by atoms with Gasteiger partial charge in [0.05, 0.1) is 0 Å². The zero-order valence-corrected chi connectivity index (χ0v) is 17.3. The van der Waals surface area contributed by atoms with Crippen molar-refractivity contribution in [1.82, 2.24) is 14.8 Å². The van der Waals surface area contributed by atoms with Gasteiger partial charge in [0, 0.05) is 27.4 Å². The summed E-state index contributed by atoms with van der Waals surface area (Å²) in [6, 6.07) is 16.1. The molecule has 3 nitrogen and oxygen atoms in total. The summed E-state index contributed by atoms with van der Waals surface area (Å²) in [7, 11) is 0. The minimum absolute atomic E-state index is 0.508. The lowest BCUT2D eigenvalue weighted by atomic mass is 10.2. The van der Waals surface area contributed by atoms with Gasteiger partial charge in [0.1, 0.15) is 0 Å². The largest absolute Gasteiger partial charge is 0.302 e. The Morgan fingerprint density at radius 2 is 1.72 bits per heavy atom. The molecule has 0 aliphatic heterocycles. The summed E-state index contributed by atoms with van der Waals surface area (Å²) in [5.74, 6) is 2.27. The molecule has 3 aromatic rings. The maximum atomic E-state index is 6.01. The van der Waals surface area contributed by atoms with Crippen molar-refractivity contribution in [2.75, 3.05) is 0 Å². The number of thioether (sulfide) groups is 1. The molecule has 3 rings (SSSR count). The fourth-order valence-electron chi connectivity index (χ4n) is 2.47. The topological polar surface area (TPSA) is 30.7 Å². The summed E-state index contributed by atoms with van der Waals surface area (Å²) in [5, 5.41) is 10.5. The summed E-state index contributed by atoms with van der Waals surface area (Å²) in [5.41, 5.74) is 2.30. The smallest absolute Gasteiger partial charge is 0.191 e. The Morgan fingerprint density at radius 1 is 1.04 bits per heavy atom. The molecule has 6 heteroatoms. The van der Waals surface area contributed by atoms with Gasteiger partial charge in [-0.2, -0.15) is 0 Å². The van der Waals surface area contributed by atoms with Crippen molar-refractivity contribution < 1.29 is 0 Å². The zero-order chi connectivity index (χ0) is 17.8. The third-order valence-corrected chi connectivity index (χ3v) is 5.47. The van der Waals surface area contributed by atoms with Gasteiger partial charge in [0.15, 0.2) is 11.0 Å². The fraction of sp³-hybridized carbons (Fsp3) is 0.263. The van der Waals surface area contributed by atoms with Crippen LogP contribution in [0, 0.1) is 5.92 Å². The lowest BCUT2D eigenvalue weighted by Gasteiger charge is -2.12. The molecule has 0 fully saturated rings. The molecule has 0 saturated heterocycles. The molecule has 0 unspecified atom stereocenters. The number of hydrogen-bond acceptors (Lipinski definition) is 3. The predicted octanol–water partition coefficient (Wildman–Crippen LogP) is 6.31. The minimum atomic E-state index is 0.508. The SMILES string of the molecule is CC(C)Cn1c(SCc2ccc(Br)cc2)nnc1-c1ccc(Cl)cc1. The lowest BCUT2D eigenvalue weighted by molar-refractivity contribution is 0.498. The van der Waals surface area contributed by atoms with Gasteiger partial charge in [0.2, 0.25) is 0 Å². The summed E-state index contributed by atoms with van der Waals surface area (Å²) < 4.78 is 3.30. The summed E-state index contributed by atoms with van der Waals surface area (Å²) in [6.45, 7) is 5.29. The van der Waals surface area contributed by atoms with Crippen molar-refractivity contribution in [3.05, 3.63) is 63.6 Å². The van der Waals surface area contributed by atoms with Crippen LogP contribution in [0.4, 0.5) is 0 Å². The summed E-state index contributed by atoms with van der Waals surface area (Å²) in [6.07, 6.45) is 0. The van der Waals surface area contributed by atoms with E-state index < -0.39 is 0 Å². The normalized spacial score (nSPS) is 11.2. The monoisotopic (exact) mass is 435 g/mol. The first-order valence-corrected chi connectivity index (χ1v) is 10.2. The lowest BCUT2D eigenvalue weighted by Crippen LogP contribution is -2.07. The van der Waals surface area contributed by atoms with Crippen molar-refractivity contribution in [1.29, 1.82) is 0 Å². The standard InChI is InChI=1S/C19H19BrClN3S/c1-13(2)11-24-18(15-5-9-17(21)10-6-15)22-23-19(24)25-12-14-3-7-16(20)8-4-14/h3-10,13H,11-12H2,1-2H3. The second kappa shape index (κ2) is 8.39. The highest BCUT2D eigenvalue weighted by atomic mass is 79.9. The number of benzene rings is 2. The zero-order valence-electron chi connectivity index (χ0n) is 14.1. The van der Waals surface area contributed by atoms with Crippen LogP contribution in [0.1, 0.15) is 19.4 Å². The van der Waals surface area contributed by atoms with Gasteiger partial charge in [-0.3, -0.25) is 0 Å². The number of halogens is 2. The number of hydrogen-bond donors (Lipinski definition) is 0. The minimum Gasteiger partial charge on any atom is -0.302 e. The van der Waals surface area contributed by atoms with Crippen LogP contribution in [0.5, 0.6) is 0 Å². The van der Waals surface area contributed by atoms with Gasteiger partial charge < -0.3 is 4.57 Å². The number of rotatable bonds is 6. The highest BCUT2D eigenvalue weighted by Gasteiger charge is 2.15. The van der Waals surface area contributed by atoms with Gasteiger partial charge in [0.25, 0.3) is 0 Å². The van der Waals surface area contributed by atoms with Crippen LogP contribution in [0.3, 0.4) is 0 Å². The van der Waals surface area contributed by atoms with E-state index in [4.69, 9.17) is 11.6 Å². The van der Waals surface area contributed by atoms with Crippen molar-refractivity contribution in [3.8, 4) is 11.4 Å². The van der Waals surface area contributed by atoms with Crippen LogP contribution in [0.25, 0.3) is 11.4 Å². The van der Waals surface area contributed by atoms with Crippen LogP contribution >= 0.6 is 39.3 Å². The molecule has 0 spiro atoms. The molecule has 0 bridgehead atoms. The Hall–Kier alpha value is -1.30. The van der Waals surface area contributed by atoms with E-state index in [1.54, 1.807) is 11.8 Å². The van der Waals surface area contributed by atoms with E-state index in [0.29, 0.717) is 5.92 Å². The Labute approximate surface area is 165 Å². The molecule has 1 aromatic heterocycles. The van der Waals surface area contributed by atoms with Crippen molar-refractivity contribution >= 4 is 39.3 Å². The van der Waals surface area contributed by atoms with Gasteiger partial charge >= 0.3 is 0 Å². The summed E-state index contributed by atoms with van der Waals surface area (Å²) >= 11 is 11.2. The van der Waals surface area contributed by atoms with Crippen LogP contribution < -0.4 is 0 Å². The number of nitrogens with zero attached hydrogens (tertiary/aromatic N) is 3. The van der Waals surface area contributed by atoms with E-state index in [-0.39, 0.29) is 0 Å². The fourth-order valence-corrected chi connectivity index (χ4v) is 3.76. The predicted molar refractivity (Wildman–Crippen MR) is 109 cm³/mol. The quantitative estimate of drug-likeness (QED) is 0.424. The van der Waals surface area contributed by atoms with Crippen molar-refractivity contribution in [2.45, 2.75) is 31.3 Å². The van der Waals surface area contributed by atoms with Gasteiger partial charge in [-0.15, -0.1) is 10.2 Å². The van der Waals surface area contributed by atoms with E-state index in [2.05, 4.69) is 68.8 Å². The second-order valence-corrected chi connectivity index (χ2v) is 8.53. The van der Waals surface area contributed by atoms with Crippen LogP contribution in [0.15, 0.2) is 58.2 Å². The van der Waals surface area contributed by atoms with Crippen LogP contribution in [0.2, 0.25) is 5.02 Å². The van der Waals surface area contributed by atoms with E-state index in [9.17, 15) is 0 Å². The van der Waals surface area contributed by atoms with Crippen molar-refractivity contribution in [2.24, 2.45) is 5.92 Å². The maximum Gasteiger partial charge on any atom is 0.191 e. The van der Waals surface area contributed by atoms with Gasteiger partial charge in [-0.25, -0.2) is 0 Å². The Morgan fingerprint density at radius 3 is 2.36 bits per heavy atom. The van der Waals surface area contributed by atoms with Crippen LogP contribution in [-0.4, -0.2) is 14.8 Å². The molecule has 0 atom stereocenters. The average Bonchev–Trinajstić information content (AvgIpc) is 2.97. The second-order valence-electron chi connectivity index (χ2n) is 6.23. The van der Waals surface area contributed by atoms with E-state index in [0.717, 1.165) is 38.3 Å². The molecule has 0 saturated carbocycles. The highest BCUT2D eigenvalue weighted by molar-refractivity contribution is 9.10. The molecule has 0 radical (unpaired) electrons. The molecule has 0 N–H and O–H groups in total. The maximum absolute atomic E-state index is 6.01. The molecule has 130 valence electrons. The third-order valence-electron chi connectivity index (χ3n) is 3.65. The molecule has 0 aliphatic rings. The molecular weight excluding hydrogens is 418 g/mol. The third kappa shape index (κ3) is 4.87. The molecule has 1 heterocycles. The first-order valence-electron chi connectivity index (χ1n) is 8.09. The Bertz CT molecular complexity index is 829. The molecule has 2 aromatic carbocycles. The highest BCUT2D eigenvalue weighted by Crippen LogP contribution is 2.28. The Kier molecular flexibility index (Phi) is 6.20. The van der Waals surface area contributed by atoms with E-state index in [1.807, 2.05) is 24.3 Å². The molecule has 25 heavy (non-hydrogen) atoms. The van der Waals surface area contributed by atoms with Gasteiger partial charge in [-0.05, 0) is 47.9 Å². The average molecular weight is 437 g/mol. The van der Waals surface area contributed by atoms with E-state index >= 15 is 0 Å². The summed E-state index contributed by atoms with van der Waals surface area (Å²) in [4.78, 5) is 0. The van der Waals surface area contributed by atoms with Gasteiger partial charge in [-0.1, -0.05) is 65.3 Å². The van der Waals surface area contributed by atoms with Crippen LogP contribution in [-0.2, 0) is 12.3 Å². The number of aromatic nitrogens is 3. The molecular formula is C19H19BrClN3S. The first kappa shape index (κ1) is 18.5. The van der Waals surface area contributed by atoms with Crippen molar-refractivity contribution in [3.63, 3.8) is 0 Å². The Balaban J connectivity index is 1.85. The molecule has 0 aliphatic carbocycles. The van der Waals surface area contributed by atoms with E-state index in [1.165, 1.54) is 5.56 Å². The molecule has 0 amide bonds.